The monoisotopic (exact) mass is 546 g/mol. The maximum Gasteiger partial charge on any atom is 0.280 e. The number of aliphatic hydroxyl groups is 1. The minimum absolute atomic E-state index is 0.132. The number of amides is 1. The molecule has 2 atom stereocenters. The number of guanidine groups is 1. The summed E-state index contributed by atoms with van der Waals surface area (Å²) in [5.41, 5.74) is 16.7. The highest BCUT2D eigenvalue weighted by molar-refractivity contribution is 6.30. The highest BCUT2D eigenvalue weighted by Crippen LogP contribution is 2.34. The summed E-state index contributed by atoms with van der Waals surface area (Å²) >= 11 is 6.05. The Hall–Kier alpha value is -3.59. The van der Waals surface area contributed by atoms with E-state index in [2.05, 4.69) is 39.7 Å². The summed E-state index contributed by atoms with van der Waals surface area (Å²) in [6.45, 7) is 2.39. The third kappa shape index (κ3) is 7.72. The molecular weight excluding hydrogens is 512 g/mol. The summed E-state index contributed by atoms with van der Waals surface area (Å²) in [4.78, 5) is 17.7. The van der Waals surface area contributed by atoms with E-state index in [0.29, 0.717) is 23.0 Å². The summed E-state index contributed by atoms with van der Waals surface area (Å²) in [5, 5.41) is 18.3. The van der Waals surface area contributed by atoms with Crippen molar-refractivity contribution in [3.05, 3.63) is 100 Å². The van der Waals surface area contributed by atoms with Gasteiger partial charge in [-0.2, -0.15) is 4.99 Å². The van der Waals surface area contributed by atoms with Gasteiger partial charge >= 0.3 is 0 Å². The fourth-order valence-corrected chi connectivity index (χ4v) is 5.12. The van der Waals surface area contributed by atoms with Crippen LogP contribution >= 0.6 is 11.6 Å². The molecule has 5 N–H and O–H groups in total. The molecule has 1 amide bonds. The topological polar surface area (TPSA) is 127 Å². The largest absolute Gasteiger partial charge is 0.366 e. The molecular formula is C30H35ClN6O2. The third-order valence-electron chi connectivity index (χ3n) is 7.25. The van der Waals surface area contributed by atoms with Gasteiger partial charge in [-0.3, -0.25) is 10.1 Å². The molecule has 0 heterocycles. The van der Waals surface area contributed by atoms with Gasteiger partial charge in [-0.1, -0.05) is 67.3 Å². The summed E-state index contributed by atoms with van der Waals surface area (Å²) in [7, 11) is 0. The van der Waals surface area contributed by atoms with Crippen LogP contribution in [0.5, 0.6) is 0 Å². The number of nitrogens with two attached hydrogens (primary N) is 1. The lowest BCUT2D eigenvalue weighted by molar-refractivity contribution is 0.100. The number of aliphatic hydroxyl groups excluding tert-OH is 1. The Morgan fingerprint density at radius 3 is 2.31 bits per heavy atom. The van der Waals surface area contributed by atoms with Crippen molar-refractivity contribution in [1.29, 1.82) is 5.53 Å². The lowest BCUT2D eigenvalue weighted by atomic mass is 9.84. The summed E-state index contributed by atoms with van der Waals surface area (Å²) in [5.74, 6) is -0.363. The lowest BCUT2D eigenvalue weighted by Crippen LogP contribution is -2.46. The molecule has 1 saturated carbocycles. The molecule has 0 aromatic heterocycles. The second-order valence-electron chi connectivity index (χ2n) is 9.95. The Labute approximate surface area is 234 Å². The third-order valence-corrected chi connectivity index (χ3v) is 7.50. The van der Waals surface area contributed by atoms with Crippen molar-refractivity contribution >= 4 is 29.2 Å². The maximum absolute atomic E-state index is 12.2. The van der Waals surface area contributed by atoms with Crippen molar-refractivity contribution in [3.8, 4) is 0 Å². The van der Waals surface area contributed by atoms with Crippen molar-refractivity contribution in [3.63, 3.8) is 0 Å². The van der Waals surface area contributed by atoms with Crippen LogP contribution in [-0.4, -0.2) is 23.3 Å². The first-order valence-electron chi connectivity index (χ1n) is 13.2. The van der Waals surface area contributed by atoms with E-state index in [9.17, 15) is 9.90 Å². The van der Waals surface area contributed by atoms with E-state index < -0.39 is 18.2 Å². The Morgan fingerprint density at radius 2 is 1.69 bits per heavy atom. The number of nitrogens with zero attached hydrogens (tertiary/aromatic N) is 3. The van der Waals surface area contributed by atoms with Gasteiger partial charge in [0.05, 0.1) is 0 Å². The zero-order valence-electron chi connectivity index (χ0n) is 22.1. The van der Waals surface area contributed by atoms with Crippen LogP contribution in [0, 0.1) is 5.53 Å². The molecule has 3 aromatic rings. The van der Waals surface area contributed by atoms with Gasteiger partial charge in [0.2, 0.25) is 5.96 Å². The molecule has 204 valence electrons. The molecule has 8 nitrogen and oxygen atoms in total. The molecule has 0 saturated heterocycles. The van der Waals surface area contributed by atoms with Crippen LogP contribution < -0.4 is 16.0 Å². The van der Waals surface area contributed by atoms with Gasteiger partial charge in [0, 0.05) is 28.9 Å². The standard InChI is InChI=1S/C30H35ClN6O2/c1-20(22-11-15-26(31)16-12-22)34-30(39)37(27-17-13-24(14-18-27)23-5-3-2-4-6-23)19-21-7-9-25(10-8-21)28(38)35-29(32)36-33/h7-18,20,23,30,33-34,39H,2-6,19H2,1H3,(H2,32,35,38). The second-order valence-corrected chi connectivity index (χ2v) is 10.4. The Bertz CT molecular complexity index is 1270. The predicted molar refractivity (Wildman–Crippen MR) is 155 cm³/mol. The van der Waals surface area contributed by atoms with Crippen LogP contribution in [0.2, 0.25) is 5.02 Å². The van der Waals surface area contributed by atoms with Crippen LogP contribution in [0.25, 0.3) is 0 Å². The van der Waals surface area contributed by atoms with Crippen molar-refractivity contribution in [2.24, 2.45) is 15.8 Å². The molecule has 1 fully saturated rings. The van der Waals surface area contributed by atoms with Crippen LogP contribution in [0.1, 0.15) is 78.0 Å². The quantitative estimate of drug-likeness (QED) is 0.105. The first-order valence-corrected chi connectivity index (χ1v) is 13.6. The molecule has 9 heteroatoms. The van der Waals surface area contributed by atoms with Gasteiger partial charge < -0.3 is 15.7 Å². The highest BCUT2D eigenvalue weighted by Gasteiger charge is 2.21. The smallest absolute Gasteiger partial charge is 0.280 e. The van der Waals surface area contributed by atoms with Crippen LogP contribution in [0.3, 0.4) is 0 Å². The number of anilines is 1. The number of carbonyl (C=O) groups excluding carboxylic acids is 1. The fourth-order valence-electron chi connectivity index (χ4n) is 5.00. The zero-order chi connectivity index (χ0) is 27.8. The van der Waals surface area contributed by atoms with Crippen LogP contribution in [0.15, 0.2) is 82.9 Å². The normalized spacial score (nSPS) is 15.9. The SMILES string of the molecule is CC(NC(O)N(Cc1ccc(C(=O)N=C(N)N=N)cc1)c1ccc(C2CCCCC2)cc1)c1ccc(Cl)cc1. The number of aliphatic imine (C=N–C) groups is 1. The van der Waals surface area contributed by atoms with Crippen molar-refractivity contribution in [2.75, 3.05) is 4.90 Å². The first kappa shape index (κ1) is 28.4. The molecule has 39 heavy (non-hydrogen) atoms. The fraction of sp³-hybridized carbons (Fsp3) is 0.333. The average molecular weight is 547 g/mol. The van der Waals surface area contributed by atoms with Gasteiger partial charge in [0.15, 0.2) is 6.35 Å². The molecule has 1 aliphatic carbocycles. The summed E-state index contributed by atoms with van der Waals surface area (Å²) in [6.07, 6.45) is 5.33. The molecule has 0 bridgehead atoms. The number of hydrogen-bond acceptors (Lipinski definition) is 5. The van der Waals surface area contributed by atoms with E-state index in [1.54, 1.807) is 12.1 Å². The number of benzene rings is 3. The van der Waals surface area contributed by atoms with E-state index in [1.165, 1.54) is 37.7 Å². The molecule has 4 rings (SSSR count). The van der Waals surface area contributed by atoms with Crippen molar-refractivity contribution in [2.45, 2.75) is 63.9 Å². The van der Waals surface area contributed by atoms with Gasteiger partial charge in [-0.05, 0) is 78.8 Å². The van der Waals surface area contributed by atoms with E-state index >= 15 is 0 Å². The summed E-state index contributed by atoms with van der Waals surface area (Å²) in [6, 6.07) is 22.8. The number of nitrogens with one attached hydrogen (secondary N) is 2. The highest BCUT2D eigenvalue weighted by atomic mass is 35.5. The first-order chi connectivity index (χ1) is 18.8. The van der Waals surface area contributed by atoms with Crippen LogP contribution in [-0.2, 0) is 6.54 Å². The van der Waals surface area contributed by atoms with E-state index in [-0.39, 0.29) is 6.04 Å². The van der Waals surface area contributed by atoms with E-state index in [4.69, 9.17) is 22.9 Å². The van der Waals surface area contributed by atoms with Gasteiger partial charge in [0.25, 0.3) is 5.91 Å². The van der Waals surface area contributed by atoms with Crippen molar-refractivity contribution in [1.82, 2.24) is 5.32 Å². The number of hydrogen-bond donors (Lipinski definition) is 4. The minimum atomic E-state index is -0.986. The average Bonchev–Trinajstić information content (AvgIpc) is 2.97. The van der Waals surface area contributed by atoms with Gasteiger partial charge in [-0.15, -0.1) is 5.11 Å². The molecule has 2 unspecified atom stereocenters. The second kappa shape index (κ2) is 13.5. The maximum atomic E-state index is 12.2. The summed E-state index contributed by atoms with van der Waals surface area (Å²) < 4.78 is 0. The van der Waals surface area contributed by atoms with Crippen molar-refractivity contribution < 1.29 is 9.90 Å². The minimum Gasteiger partial charge on any atom is -0.366 e. The van der Waals surface area contributed by atoms with Crippen LogP contribution in [0.4, 0.5) is 5.69 Å². The van der Waals surface area contributed by atoms with Gasteiger partial charge in [-0.25, -0.2) is 5.53 Å². The zero-order valence-corrected chi connectivity index (χ0v) is 22.8. The van der Waals surface area contributed by atoms with Gasteiger partial charge in [0.1, 0.15) is 0 Å². The molecule has 3 aromatic carbocycles. The number of halogens is 1. The number of rotatable bonds is 9. The molecule has 1 aliphatic rings. The predicted octanol–water partition coefficient (Wildman–Crippen LogP) is 6.51. The van der Waals surface area contributed by atoms with E-state index in [0.717, 1.165) is 16.8 Å². The lowest BCUT2D eigenvalue weighted by Gasteiger charge is -2.33. The number of carbonyl (C=O) groups is 1. The Kier molecular flexibility index (Phi) is 9.81. The Morgan fingerprint density at radius 1 is 1.05 bits per heavy atom. The Balaban J connectivity index is 1.55. The molecule has 0 radical (unpaired) electrons. The molecule has 0 spiro atoms. The van der Waals surface area contributed by atoms with E-state index in [1.807, 2.05) is 48.2 Å². The molecule has 0 aliphatic heterocycles.